The van der Waals surface area contributed by atoms with Crippen LogP contribution in [-0.2, 0) is 19.0 Å². The van der Waals surface area contributed by atoms with Crippen LogP contribution < -0.4 is 5.32 Å². The van der Waals surface area contributed by atoms with Crippen LogP contribution in [0, 0.1) is 5.82 Å². The van der Waals surface area contributed by atoms with Crippen LogP contribution in [0.5, 0.6) is 0 Å². The first kappa shape index (κ1) is 31.4. The molecule has 0 amide bonds. The number of halogens is 2. The molecule has 42 heavy (non-hydrogen) atoms. The Morgan fingerprint density at radius 2 is 1.90 bits per heavy atom. The summed E-state index contributed by atoms with van der Waals surface area (Å²) >= 11 is 6.45. The molecule has 1 saturated heterocycles. The summed E-state index contributed by atoms with van der Waals surface area (Å²) in [7, 11) is 1.32. The molecule has 0 radical (unpaired) electrons. The highest BCUT2D eigenvalue weighted by Gasteiger charge is 2.34. The Balaban J connectivity index is 1.41. The largest absolute Gasteiger partial charge is 0.466 e. The lowest BCUT2D eigenvalue weighted by Gasteiger charge is -2.36. The molecule has 12 nitrogen and oxygen atoms in total. The number of piperazine rings is 1. The van der Waals surface area contributed by atoms with Crippen molar-refractivity contribution in [1.29, 1.82) is 0 Å². The van der Waals surface area contributed by atoms with Crippen molar-refractivity contribution in [3.63, 3.8) is 0 Å². The molecule has 1 aromatic heterocycles. The molecule has 4 rings (SSSR count). The molecule has 0 spiro atoms. The van der Waals surface area contributed by atoms with Gasteiger partial charge >= 0.3 is 5.97 Å². The topological polar surface area (TPSA) is 137 Å². The predicted octanol–water partition coefficient (Wildman–Crippen LogP) is 3.35. The van der Waals surface area contributed by atoms with Gasteiger partial charge in [-0.05, 0) is 29.8 Å². The van der Waals surface area contributed by atoms with Crippen LogP contribution in [0.25, 0.3) is 10.4 Å². The number of nitrogens with one attached hydrogen (secondary N) is 1. The van der Waals surface area contributed by atoms with Crippen LogP contribution in [0.1, 0.15) is 17.3 Å². The summed E-state index contributed by atoms with van der Waals surface area (Å²) in [4.78, 5) is 29.6. The number of esters is 1. The van der Waals surface area contributed by atoms with Crippen molar-refractivity contribution in [1.82, 2.24) is 20.1 Å². The van der Waals surface area contributed by atoms with Gasteiger partial charge in [-0.1, -0.05) is 28.8 Å². The molecule has 224 valence electrons. The number of methoxy groups -OCH3 is 1. The van der Waals surface area contributed by atoms with Crippen molar-refractivity contribution in [3.8, 4) is 0 Å². The number of pyridine rings is 1. The van der Waals surface area contributed by atoms with Gasteiger partial charge in [-0.15, -0.1) is 0 Å². The van der Waals surface area contributed by atoms with E-state index in [2.05, 4.69) is 30.1 Å². The van der Waals surface area contributed by atoms with E-state index in [4.69, 9.17) is 36.3 Å². The maximum atomic E-state index is 13.9. The highest BCUT2D eigenvalue weighted by Crippen LogP contribution is 2.36. The first-order valence-corrected chi connectivity index (χ1v) is 14.0. The molecule has 1 aromatic carbocycles. The Labute approximate surface area is 248 Å². The van der Waals surface area contributed by atoms with Crippen molar-refractivity contribution in [3.05, 3.63) is 86.4 Å². The Morgan fingerprint density at radius 3 is 2.60 bits per heavy atom. The molecule has 1 unspecified atom stereocenters. The van der Waals surface area contributed by atoms with Gasteiger partial charge in [0.15, 0.2) is 5.84 Å². The monoisotopic (exact) mass is 600 g/mol. The molecule has 1 atom stereocenters. The van der Waals surface area contributed by atoms with E-state index in [1.165, 1.54) is 19.2 Å². The van der Waals surface area contributed by atoms with Crippen LogP contribution in [0.3, 0.4) is 0 Å². The minimum Gasteiger partial charge on any atom is -0.466 e. The van der Waals surface area contributed by atoms with Crippen LogP contribution in [0.15, 0.2) is 64.0 Å². The Kier molecular flexibility index (Phi) is 12.1. The second-order valence-corrected chi connectivity index (χ2v) is 9.97. The van der Waals surface area contributed by atoms with E-state index in [1.807, 2.05) is 18.2 Å². The minimum absolute atomic E-state index is 0.169. The average Bonchev–Trinajstić information content (AvgIpc) is 3.01. The molecule has 2 aliphatic heterocycles. The Bertz CT molecular complexity index is 1310. The fourth-order valence-electron chi connectivity index (χ4n) is 4.71. The van der Waals surface area contributed by atoms with E-state index >= 15 is 0 Å². The zero-order valence-electron chi connectivity index (χ0n) is 23.4. The van der Waals surface area contributed by atoms with E-state index in [0.29, 0.717) is 67.9 Å². The van der Waals surface area contributed by atoms with Crippen molar-refractivity contribution in [2.24, 2.45) is 10.1 Å². The van der Waals surface area contributed by atoms with E-state index in [1.54, 1.807) is 12.3 Å². The molecular weight excluding hydrogens is 567 g/mol. The summed E-state index contributed by atoms with van der Waals surface area (Å²) in [6.45, 7) is 6.67. The van der Waals surface area contributed by atoms with Gasteiger partial charge in [0.1, 0.15) is 17.6 Å². The van der Waals surface area contributed by atoms with Gasteiger partial charge in [-0.3, -0.25) is 19.8 Å². The summed E-state index contributed by atoms with van der Waals surface area (Å²) in [5, 5.41) is 6.92. The molecule has 2 aliphatic rings. The zero-order valence-corrected chi connectivity index (χ0v) is 24.2. The van der Waals surface area contributed by atoms with Crippen molar-refractivity contribution >= 4 is 23.4 Å². The third-order valence-corrected chi connectivity index (χ3v) is 7.19. The molecule has 14 heteroatoms. The van der Waals surface area contributed by atoms with Crippen LogP contribution in [0.2, 0.25) is 5.02 Å². The molecule has 3 heterocycles. The van der Waals surface area contributed by atoms with Gasteiger partial charge in [-0.2, -0.15) is 0 Å². The number of aromatic nitrogens is 1. The number of nitrogens with zero attached hydrogens (tertiary/aromatic N) is 7. The normalized spacial score (nSPS) is 17.8. The summed E-state index contributed by atoms with van der Waals surface area (Å²) in [6.07, 6.45) is 1.67. The van der Waals surface area contributed by atoms with Crippen molar-refractivity contribution in [2.75, 3.05) is 79.4 Å². The number of hydrogen-bond acceptors (Lipinski definition) is 10. The first-order valence-electron chi connectivity index (χ1n) is 13.6. The molecule has 1 N–H and O–H groups in total. The lowest BCUT2D eigenvalue weighted by molar-refractivity contribution is -0.136. The van der Waals surface area contributed by atoms with Crippen molar-refractivity contribution < 1.29 is 23.4 Å². The summed E-state index contributed by atoms with van der Waals surface area (Å²) < 4.78 is 30.1. The van der Waals surface area contributed by atoms with Crippen LogP contribution in [-0.4, -0.2) is 106 Å². The van der Waals surface area contributed by atoms with E-state index in [0.717, 1.165) is 32.7 Å². The highest BCUT2D eigenvalue weighted by molar-refractivity contribution is 6.31. The van der Waals surface area contributed by atoms with Gasteiger partial charge in [0.05, 0.1) is 39.1 Å². The highest BCUT2D eigenvalue weighted by atomic mass is 35.5. The molecule has 0 aliphatic carbocycles. The maximum Gasteiger partial charge on any atom is 0.338 e. The van der Waals surface area contributed by atoms with Gasteiger partial charge in [0.2, 0.25) is 0 Å². The molecular formula is C28H34ClFN8O4. The van der Waals surface area contributed by atoms with Crippen molar-refractivity contribution in [2.45, 2.75) is 6.04 Å². The SMILES string of the molecule is COC(=O)C1=C(CN2CCN(CCOCCOCCN=[N+]=[N-])CC2)NC(c2ccccn2)=NC1c1ccc(F)cc1Cl. The van der Waals surface area contributed by atoms with E-state index in [-0.39, 0.29) is 5.02 Å². The fourth-order valence-corrected chi connectivity index (χ4v) is 4.98. The number of benzene rings is 1. The third-order valence-electron chi connectivity index (χ3n) is 6.87. The van der Waals surface area contributed by atoms with Gasteiger partial charge in [0.25, 0.3) is 0 Å². The molecule has 0 saturated carbocycles. The third kappa shape index (κ3) is 8.71. The first-order chi connectivity index (χ1) is 20.5. The average molecular weight is 601 g/mol. The van der Waals surface area contributed by atoms with E-state index in [9.17, 15) is 9.18 Å². The maximum absolute atomic E-state index is 13.9. The molecule has 2 aromatic rings. The van der Waals surface area contributed by atoms with Crippen LogP contribution >= 0.6 is 11.6 Å². The minimum atomic E-state index is -0.805. The number of aliphatic imine (C=N–C) groups is 1. The second-order valence-electron chi connectivity index (χ2n) is 9.57. The lowest BCUT2D eigenvalue weighted by atomic mass is 9.94. The number of carbonyl (C=O) groups excluding carboxylic acids is 1. The Morgan fingerprint density at radius 1 is 1.14 bits per heavy atom. The summed E-state index contributed by atoms with van der Waals surface area (Å²) in [6, 6.07) is 8.75. The number of hydrogen-bond donors (Lipinski definition) is 1. The molecule has 0 bridgehead atoms. The second kappa shape index (κ2) is 16.2. The quantitative estimate of drug-likeness (QED) is 0.115. The zero-order chi connectivity index (χ0) is 29.7. The standard InChI is InChI=1S/C28H34ClFN8O4/c1-40-28(39)25-24(19-38-11-9-37(10-12-38)13-15-42-17-16-41-14-8-33-36-31)34-27(23-4-2-3-7-32-23)35-26(25)21-6-5-20(30)18-22(21)29/h2-7,18,26H,8-17,19H2,1H3,(H,34,35). The number of ether oxygens (including phenoxy) is 3. The summed E-state index contributed by atoms with van der Waals surface area (Å²) in [5.74, 6) is -0.528. The van der Waals surface area contributed by atoms with Gasteiger partial charge in [-0.25, -0.2) is 9.18 Å². The number of azide groups is 1. The van der Waals surface area contributed by atoms with Crippen LogP contribution in [0.4, 0.5) is 4.39 Å². The number of carbonyl (C=O) groups is 1. The van der Waals surface area contributed by atoms with E-state index < -0.39 is 17.8 Å². The summed E-state index contributed by atoms with van der Waals surface area (Å²) in [5.41, 5.74) is 10.3. The predicted molar refractivity (Wildman–Crippen MR) is 156 cm³/mol. The molecule has 1 fully saturated rings. The Hall–Kier alpha value is -3.58. The fraction of sp³-hybridized carbons (Fsp3) is 0.464. The lowest BCUT2D eigenvalue weighted by Crippen LogP contribution is -2.49. The number of amidine groups is 1. The van der Waals surface area contributed by atoms with Gasteiger partial charge in [0, 0.05) is 73.2 Å². The smallest absolute Gasteiger partial charge is 0.338 e. The number of rotatable bonds is 14. The van der Waals surface area contributed by atoms with Gasteiger partial charge < -0.3 is 19.5 Å².